The van der Waals surface area contributed by atoms with Crippen molar-refractivity contribution in [1.29, 1.82) is 0 Å². The lowest BCUT2D eigenvalue weighted by Crippen LogP contribution is -2.63. The Morgan fingerprint density at radius 1 is 1.11 bits per heavy atom. The van der Waals surface area contributed by atoms with Crippen LogP contribution in [0.3, 0.4) is 0 Å². The lowest BCUT2D eigenvalue weighted by molar-refractivity contribution is -0.137. The van der Waals surface area contributed by atoms with E-state index in [-0.39, 0.29) is 35.3 Å². The third-order valence-electron chi connectivity index (χ3n) is 5.22. The maximum Gasteiger partial charge on any atom is 0.418 e. The molecule has 148 valence electrons. The quantitative estimate of drug-likeness (QED) is 0.778. The zero-order chi connectivity index (χ0) is 20.1. The summed E-state index contributed by atoms with van der Waals surface area (Å²) in [4.78, 5) is 25.3. The number of hydrogen-bond acceptors (Lipinski definition) is 4. The molecule has 5 rings (SSSR count). The maximum atomic E-state index is 13.3. The zero-order valence-electron chi connectivity index (χ0n) is 14.9. The highest BCUT2D eigenvalue weighted by Crippen LogP contribution is 2.41. The van der Waals surface area contributed by atoms with Gasteiger partial charge >= 0.3 is 12.2 Å². The number of piperidine rings is 1. The van der Waals surface area contributed by atoms with Crippen molar-refractivity contribution in [2.24, 2.45) is 5.92 Å². The summed E-state index contributed by atoms with van der Waals surface area (Å²) in [6.45, 7) is 2.14. The lowest BCUT2D eigenvalue weighted by Gasteiger charge is -2.54. The highest BCUT2D eigenvalue weighted by molar-refractivity contribution is 5.90. The van der Waals surface area contributed by atoms with Crippen molar-refractivity contribution < 1.29 is 22.4 Å². The van der Waals surface area contributed by atoms with E-state index in [0.717, 1.165) is 37.7 Å². The number of carbonyl (C=O) groups excluding carboxylic acids is 1. The molecular weight excluding hydrogens is 378 g/mol. The molecule has 1 aliphatic carbocycles. The zero-order valence-corrected chi connectivity index (χ0v) is 14.9. The van der Waals surface area contributed by atoms with Gasteiger partial charge < -0.3 is 4.90 Å². The number of hydrogen-bond donors (Lipinski definition) is 1. The monoisotopic (exact) mass is 395 g/mol. The Kier molecular flexibility index (Phi) is 4.43. The molecular formula is C18H17F4N5O. The predicted octanol–water partition coefficient (Wildman–Crippen LogP) is 4.10. The Balaban J connectivity index is 1.61. The number of anilines is 1. The van der Waals surface area contributed by atoms with Crippen molar-refractivity contribution in [2.45, 2.75) is 44.4 Å². The average molecular weight is 395 g/mol. The summed E-state index contributed by atoms with van der Waals surface area (Å²) in [7, 11) is 0. The predicted molar refractivity (Wildman–Crippen MR) is 91.7 cm³/mol. The molecule has 6 nitrogen and oxygen atoms in total. The molecule has 2 bridgehead atoms. The van der Waals surface area contributed by atoms with Crippen LogP contribution in [0.15, 0.2) is 24.7 Å². The minimum absolute atomic E-state index is 0.0426. The van der Waals surface area contributed by atoms with Gasteiger partial charge in [0.15, 0.2) is 11.6 Å². The van der Waals surface area contributed by atoms with Gasteiger partial charge in [0.1, 0.15) is 5.82 Å². The number of carbonyl (C=O) groups is 1. The molecule has 28 heavy (non-hydrogen) atoms. The van der Waals surface area contributed by atoms with Crippen molar-refractivity contribution >= 4 is 11.8 Å². The third kappa shape index (κ3) is 3.38. The van der Waals surface area contributed by atoms with Gasteiger partial charge in [-0.3, -0.25) is 5.32 Å². The van der Waals surface area contributed by atoms with Gasteiger partial charge in [-0.05, 0) is 31.2 Å². The van der Waals surface area contributed by atoms with Crippen LogP contribution in [0.5, 0.6) is 0 Å². The molecule has 1 N–H and O–H groups in total. The lowest BCUT2D eigenvalue weighted by atomic mass is 9.74. The first-order valence-corrected chi connectivity index (χ1v) is 8.87. The SMILES string of the molecule is CC1CC2C[C@H](C1)N2C(=O)Nc1cc(-c2ncc(F)cn2)c(C(F)(F)F)cn1. The molecule has 0 radical (unpaired) electrons. The van der Waals surface area contributed by atoms with Crippen LogP contribution in [0.1, 0.15) is 31.7 Å². The van der Waals surface area contributed by atoms with E-state index < -0.39 is 17.6 Å². The number of fused-ring (bicyclic) bond motifs is 2. The fraction of sp³-hybridized carbons (Fsp3) is 0.444. The van der Waals surface area contributed by atoms with E-state index in [9.17, 15) is 22.4 Å². The molecule has 3 fully saturated rings. The second-order valence-corrected chi connectivity index (χ2v) is 7.30. The molecule has 3 aliphatic rings. The highest BCUT2D eigenvalue weighted by atomic mass is 19.4. The summed E-state index contributed by atoms with van der Waals surface area (Å²) < 4.78 is 53.0. The van der Waals surface area contributed by atoms with Crippen molar-refractivity contribution in [2.75, 3.05) is 5.32 Å². The molecule has 2 aromatic rings. The van der Waals surface area contributed by atoms with Crippen LogP contribution in [-0.4, -0.2) is 38.0 Å². The van der Waals surface area contributed by atoms with Gasteiger partial charge in [-0.25, -0.2) is 24.1 Å². The second-order valence-electron chi connectivity index (χ2n) is 7.30. The Hall–Kier alpha value is -2.78. The molecule has 2 saturated heterocycles. The van der Waals surface area contributed by atoms with Crippen LogP contribution in [-0.2, 0) is 6.18 Å². The van der Waals surface area contributed by atoms with Crippen molar-refractivity contribution in [3.8, 4) is 11.4 Å². The number of rotatable bonds is 2. The van der Waals surface area contributed by atoms with Crippen LogP contribution in [0.2, 0.25) is 0 Å². The standard InChI is InChI=1S/C18H17F4N5O/c1-9-2-11-4-12(3-9)27(11)17(28)26-15-5-13(14(8-23-15)18(20,21)22)16-24-6-10(19)7-25-16/h5-9,11-12H,2-4H2,1H3,(H,23,26,28)/t9?,11-,12?/m0/s1. The van der Waals surface area contributed by atoms with E-state index in [1.165, 1.54) is 0 Å². The van der Waals surface area contributed by atoms with E-state index in [2.05, 4.69) is 27.2 Å². The van der Waals surface area contributed by atoms with Crippen LogP contribution < -0.4 is 5.32 Å². The number of aromatic nitrogens is 3. The molecule has 2 aromatic heterocycles. The molecule has 2 unspecified atom stereocenters. The molecule has 1 saturated carbocycles. The third-order valence-corrected chi connectivity index (χ3v) is 5.22. The summed E-state index contributed by atoms with van der Waals surface area (Å²) in [5, 5.41) is 2.57. The van der Waals surface area contributed by atoms with Crippen LogP contribution in [0.4, 0.5) is 28.2 Å². The largest absolute Gasteiger partial charge is 0.418 e. The number of nitrogens with one attached hydrogen (secondary N) is 1. The van der Waals surface area contributed by atoms with Gasteiger partial charge in [-0.2, -0.15) is 13.2 Å². The van der Waals surface area contributed by atoms with E-state index in [0.29, 0.717) is 12.1 Å². The normalized spacial score (nSPS) is 23.9. The first-order valence-electron chi connectivity index (χ1n) is 8.87. The highest BCUT2D eigenvalue weighted by Gasteiger charge is 2.46. The summed E-state index contributed by atoms with van der Waals surface area (Å²) in [6.07, 6.45) is 0.266. The summed E-state index contributed by atoms with van der Waals surface area (Å²) in [5.74, 6) is -0.558. The summed E-state index contributed by atoms with van der Waals surface area (Å²) in [5.41, 5.74) is -1.44. The first kappa shape index (κ1) is 18.6. The summed E-state index contributed by atoms with van der Waals surface area (Å²) >= 11 is 0. The second kappa shape index (κ2) is 6.68. The Morgan fingerprint density at radius 2 is 1.75 bits per heavy atom. The van der Waals surface area contributed by atoms with E-state index >= 15 is 0 Å². The van der Waals surface area contributed by atoms with E-state index in [1.807, 2.05) is 0 Å². The van der Waals surface area contributed by atoms with Crippen molar-refractivity contribution in [1.82, 2.24) is 19.9 Å². The molecule has 4 heterocycles. The van der Waals surface area contributed by atoms with Crippen molar-refractivity contribution in [3.05, 3.63) is 36.0 Å². The minimum Gasteiger partial charge on any atom is -0.318 e. The van der Waals surface area contributed by atoms with Crippen LogP contribution in [0.25, 0.3) is 11.4 Å². The molecule has 2 amide bonds. The first-order chi connectivity index (χ1) is 13.2. The molecule has 3 atom stereocenters. The fourth-order valence-corrected chi connectivity index (χ4v) is 4.04. The number of urea groups is 1. The number of nitrogens with zero attached hydrogens (tertiary/aromatic N) is 4. The number of alkyl halides is 3. The number of amides is 2. The van der Waals surface area contributed by atoms with Crippen LogP contribution in [0, 0.1) is 11.7 Å². The maximum absolute atomic E-state index is 13.3. The van der Waals surface area contributed by atoms with E-state index in [4.69, 9.17) is 0 Å². The minimum atomic E-state index is -4.70. The molecule has 0 spiro atoms. The summed E-state index contributed by atoms with van der Waals surface area (Å²) in [6, 6.07) is 0.990. The van der Waals surface area contributed by atoms with Gasteiger partial charge in [-0.15, -0.1) is 0 Å². The van der Waals surface area contributed by atoms with E-state index in [1.54, 1.807) is 4.90 Å². The van der Waals surface area contributed by atoms with Gasteiger partial charge in [0.25, 0.3) is 0 Å². The number of pyridine rings is 1. The van der Waals surface area contributed by atoms with Crippen molar-refractivity contribution in [3.63, 3.8) is 0 Å². The molecule has 10 heteroatoms. The Labute approximate surface area is 158 Å². The molecule has 0 aromatic carbocycles. The van der Waals surface area contributed by atoms with Gasteiger partial charge in [-0.1, -0.05) is 6.92 Å². The Morgan fingerprint density at radius 3 is 2.36 bits per heavy atom. The topological polar surface area (TPSA) is 71.0 Å². The van der Waals surface area contributed by atoms with Gasteiger partial charge in [0, 0.05) is 23.8 Å². The van der Waals surface area contributed by atoms with Gasteiger partial charge in [0.05, 0.1) is 18.0 Å². The smallest absolute Gasteiger partial charge is 0.318 e. The number of halogens is 4. The Bertz CT molecular complexity index is 890. The fourth-order valence-electron chi connectivity index (χ4n) is 4.04. The average Bonchev–Trinajstić information content (AvgIpc) is 2.60. The molecule has 2 aliphatic heterocycles. The van der Waals surface area contributed by atoms with Gasteiger partial charge in [0.2, 0.25) is 0 Å². The van der Waals surface area contributed by atoms with Crippen LogP contribution >= 0.6 is 0 Å².